The lowest BCUT2D eigenvalue weighted by molar-refractivity contribution is -0.142. The van der Waals surface area contributed by atoms with Gasteiger partial charge in [-0.25, -0.2) is 13.8 Å². The fourth-order valence-corrected chi connectivity index (χ4v) is 3.53. The number of halogens is 2. The smallest absolute Gasteiger partial charge is 0.306 e. The highest BCUT2D eigenvalue weighted by Gasteiger charge is 2.17. The zero-order valence-electron chi connectivity index (χ0n) is 16.2. The summed E-state index contributed by atoms with van der Waals surface area (Å²) in [5, 5.41) is 10.2. The molecular formula is C21H25F2NO3S. The number of carboxylic acids is 1. The number of carboxylic acid groups (broad SMARTS) is 1. The number of rotatable bonds is 10. The molecule has 0 saturated carbocycles. The maximum Gasteiger partial charge on any atom is 0.306 e. The van der Waals surface area contributed by atoms with Gasteiger partial charge in [0.1, 0.15) is 0 Å². The first-order chi connectivity index (χ1) is 13.3. The van der Waals surface area contributed by atoms with Gasteiger partial charge in [-0.15, -0.1) is 11.8 Å². The highest BCUT2D eigenvalue weighted by molar-refractivity contribution is 7.99. The molecule has 0 saturated heterocycles. The molecule has 0 bridgehead atoms. The van der Waals surface area contributed by atoms with Crippen molar-refractivity contribution in [1.82, 2.24) is 4.98 Å². The Bertz CT molecular complexity index is 791. The van der Waals surface area contributed by atoms with E-state index in [0.29, 0.717) is 35.8 Å². The summed E-state index contributed by atoms with van der Waals surface area (Å²) < 4.78 is 34.0. The second kappa shape index (κ2) is 10.4. The van der Waals surface area contributed by atoms with Gasteiger partial charge in [-0.2, -0.15) is 0 Å². The molecule has 1 heterocycles. The van der Waals surface area contributed by atoms with E-state index >= 15 is 0 Å². The van der Waals surface area contributed by atoms with E-state index in [4.69, 9.17) is 9.84 Å². The topological polar surface area (TPSA) is 59.4 Å². The Morgan fingerprint density at radius 1 is 1.25 bits per heavy atom. The summed E-state index contributed by atoms with van der Waals surface area (Å²) in [7, 11) is 0. The second-order valence-electron chi connectivity index (χ2n) is 6.73. The minimum atomic E-state index is -0.866. The van der Waals surface area contributed by atoms with Crippen LogP contribution >= 0.6 is 11.8 Å². The van der Waals surface area contributed by atoms with Crippen LogP contribution in [-0.4, -0.2) is 27.9 Å². The van der Waals surface area contributed by atoms with E-state index in [0.717, 1.165) is 5.03 Å². The standard InChI is InChI=1S/C21H25F2NO3S/c1-4-14(21(25)26)7-6-10-27-20-16(22)11-15(12-17(20)23)18-8-5-9-19(24-18)28-13(2)3/h5,8-9,11-14H,4,6-7,10H2,1-3H3,(H,25,26). The molecule has 0 fully saturated rings. The van der Waals surface area contributed by atoms with Crippen molar-refractivity contribution in [3.8, 4) is 17.0 Å². The molecule has 4 nitrogen and oxygen atoms in total. The third kappa shape index (κ3) is 6.19. The predicted molar refractivity (Wildman–Crippen MR) is 107 cm³/mol. The molecule has 28 heavy (non-hydrogen) atoms. The normalized spacial score (nSPS) is 12.2. The molecule has 1 unspecified atom stereocenters. The van der Waals surface area contributed by atoms with Crippen LogP contribution in [0.2, 0.25) is 0 Å². The van der Waals surface area contributed by atoms with E-state index in [-0.39, 0.29) is 6.61 Å². The Morgan fingerprint density at radius 3 is 2.50 bits per heavy atom. The maximum absolute atomic E-state index is 14.4. The molecule has 0 spiro atoms. The largest absolute Gasteiger partial charge is 0.488 e. The minimum Gasteiger partial charge on any atom is -0.488 e. The Balaban J connectivity index is 2.07. The predicted octanol–water partition coefficient (Wildman–Crippen LogP) is 5.80. The van der Waals surface area contributed by atoms with E-state index in [1.54, 1.807) is 30.8 Å². The van der Waals surface area contributed by atoms with Gasteiger partial charge >= 0.3 is 5.97 Å². The quantitative estimate of drug-likeness (QED) is 0.397. The van der Waals surface area contributed by atoms with Crippen LogP contribution in [0.4, 0.5) is 8.78 Å². The first-order valence-electron chi connectivity index (χ1n) is 9.30. The minimum absolute atomic E-state index is 0.0513. The van der Waals surface area contributed by atoms with E-state index in [1.165, 1.54) is 12.1 Å². The number of benzene rings is 1. The first kappa shape index (κ1) is 22.1. The Labute approximate surface area is 168 Å². The van der Waals surface area contributed by atoms with Crippen LogP contribution in [0.25, 0.3) is 11.3 Å². The molecule has 2 rings (SSSR count). The number of ether oxygens (including phenoxy) is 1. The van der Waals surface area contributed by atoms with E-state index in [1.807, 2.05) is 19.9 Å². The van der Waals surface area contributed by atoms with Crippen molar-refractivity contribution < 1.29 is 23.4 Å². The number of aromatic nitrogens is 1. The molecule has 152 valence electrons. The van der Waals surface area contributed by atoms with Gasteiger partial charge < -0.3 is 9.84 Å². The molecule has 0 aliphatic rings. The molecule has 1 aromatic heterocycles. The molecule has 1 atom stereocenters. The van der Waals surface area contributed by atoms with E-state index in [2.05, 4.69) is 4.98 Å². The molecule has 0 radical (unpaired) electrons. The van der Waals surface area contributed by atoms with Gasteiger partial charge in [0.15, 0.2) is 17.4 Å². The SMILES string of the molecule is CCC(CCCOc1c(F)cc(-c2cccc(SC(C)C)n2)cc1F)C(=O)O. The van der Waals surface area contributed by atoms with Gasteiger partial charge in [0.2, 0.25) is 0 Å². The highest BCUT2D eigenvalue weighted by Crippen LogP contribution is 2.30. The lowest BCUT2D eigenvalue weighted by atomic mass is 10.0. The van der Waals surface area contributed by atoms with Crippen LogP contribution in [0.5, 0.6) is 5.75 Å². The molecule has 0 aliphatic carbocycles. The molecule has 1 N–H and O–H groups in total. The molecule has 0 amide bonds. The Hall–Kier alpha value is -2.15. The van der Waals surface area contributed by atoms with Crippen molar-refractivity contribution in [1.29, 1.82) is 0 Å². The third-order valence-electron chi connectivity index (χ3n) is 4.16. The van der Waals surface area contributed by atoms with Crippen LogP contribution in [0, 0.1) is 17.6 Å². The third-order valence-corrected chi connectivity index (χ3v) is 5.10. The number of carbonyl (C=O) groups is 1. The summed E-state index contributed by atoms with van der Waals surface area (Å²) in [5.74, 6) is -3.38. The zero-order valence-corrected chi connectivity index (χ0v) is 17.1. The van der Waals surface area contributed by atoms with Gasteiger partial charge in [0.25, 0.3) is 0 Å². The number of pyridine rings is 1. The summed E-state index contributed by atoms with van der Waals surface area (Å²) in [5.41, 5.74) is 0.827. The van der Waals surface area contributed by atoms with Crippen LogP contribution in [0.15, 0.2) is 35.4 Å². The molecular weight excluding hydrogens is 384 g/mol. The summed E-state index contributed by atoms with van der Waals surface area (Å²) in [6.45, 7) is 5.93. The van der Waals surface area contributed by atoms with Crippen molar-refractivity contribution in [3.05, 3.63) is 42.0 Å². The van der Waals surface area contributed by atoms with E-state index in [9.17, 15) is 13.6 Å². The summed E-state index contributed by atoms with van der Waals surface area (Å²) in [6, 6.07) is 7.78. The molecule has 7 heteroatoms. The lowest BCUT2D eigenvalue weighted by Gasteiger charge is -2.12. The number of hydrogen-bond donors (Lipinski definition) is 1. The van der Waals surface area contributed by atoms with E-state index < -0.39 is 29.3 Å². The fourth-order valence-electron chi connectivity index (χ4n) is 2.73. The summed E-state index contributed by atoms with van der Waals surface area (Å²) in [6.07, 6.45) is 1.31. The number of hydrogen-bond acceptors (Lipinski definition) is 4. The number of thioether (sulfide) groups is 1. The van der Waals surface area contributed by atoms with Gasteiger partial charge in [-0.05, 0) is 43.5 Å². The number of aliphatic carboxylic acids is 1. The summed E-state index contributed by atoms with van der Waals surface area (Å²) >= 11 is 1.57. The summed E-state index contributed by atoms with van der Waals surface area (Å²) in [4.78, 5) is 15.4. The van der Waals surface area contributed by atoms with Crippen molar-refractivity contribution in [3.63, 3.8) is 0 Å². The van der Waals surface area contributed by atoms with Gasteiger partial charge in [0.05, 0.1) is 23.2 Å². The lowest BCUT2D eigenvalue weighted by Crippen LogP contribution is -2.14. The highest BCUT2D eigenvalue weighted by atomic mass is 32.2. The van der Waals surface area contributed by atoms with Crippen LogP contribution < -0.4 is 4.74 Å². The first-order valence-corrected chi connectivity index (χ1v) is 10.2. The van der Waals surface area contributed by atoms with Crippen molar-refractivity contribution in [2.45, 2.75) is 50.3 Å². The average Bonchev–Trinajstić information content (AvgIpc) is 2.62. The average molecular weight is 409 g/mol. The second-order valence-corrected chi connectivity index (χ2v) is 8.33. The number of nitrogens with zero attached hydrogens (tertiary/aromatic N) is 1. The van der Waals surface area contributed by atoms with Crippen LogP contribution in [0.3, 0.4) is 0 Å². The van der Waals surface area contributed by atoms with Crippen LogP contribution in [0.1, 0.15) is 40.0 Å². The zero-order chi connectivity index (χ0) is 20.7. The molecule has 1 aromatic carbocycles. The van der Waals surface area contributed by atoms with Crippen LogP contribution in [-0.2, 0) is 4.79 Å². The molecule has 2 aromatic rings. The monoisotopic (exact) mass is 409 g/mol. The fraction of sp³-hybridized carbons (Fsp3) is 0.429. The van der Waals surface area contributed by atoms with Gasteiger partial charge in [-0.1, -0.05) is 26.8 Å². The maximum atomic E-state index is 14.4. The Kier molecular flexibility index (Phi) is 8.23. The van der Waals surface area contributed by atoms with Gasteiger partial charge in [-0.3, -0.25) is 4.79 Å². The van der Waals surface area contributed by atoms with Crippen molar-refractivity contribution in [2.24, 2.45) is 5.92 Å². The molecule has 0 aliphatic heterocycles. The van der Waals surface area contributed by atoms with Crippen molar-refractivity contribution >= 4 is 17.7 Å². The van der Waals surface area contributed by atoms with Gasteiger partial charge in [0, 0.05) is 10.8 Å². The Morgan fingerprint density at radius 2 is 1.93 bits per heavy atom. The van der Waals surface area contributed by atoms with Crippen molar-refractivity contribution in [2.75, 3.05) is 6.61 Å².